The molecule has 2 aliphatic heterocycles. The van der Waals surface area contributed by atoms with Crippen LogP contribution in [0.15, 0.2) is 42.5 Å². The number of halogens is 2. The minimum Gasteiger partial charge on any atom is -0.342 e. The maximum absolute atomic E-state index is 15.4. The molecule has 2 saturated heterocycles. The maximum Gasteiger partial charge on any atom is 0.250 e. The lowest BCUT2D eigenvalue weighted by molar-refractivity contribution is -0.161. The molecule has 2 aromatic rings. The monoisotopic (exact) mass is 538 g/mol. The predicted molar refractivity (Wildman–Crippen MR) is 143 cm³/mol. The van der Waals surface area contributed by atoms with Crippen LogP contribution >= 0.6 is 0 Å². The van der Waals surface area contributed by atoms with Gasteiger partial charge in [0.1, 0.15) is 29.8 Å². The molecular formula is C30H36F2N4O3. The SMILES string of the molecule is CC(C)C[C@@H]1C(=O)N[C@H](C2Cc3ccccc3C2)C(=O)N1[C@@H](C(=O)N1CCN(C)CC1)c1ccc(F)cc1F. The van der Waals surface area contributed by atoms with Crippen LogP contribution in [-0.2, 0) is 27.2 Å². The number of piperazine rings is 2. The number of fused-ring (bicyclic) bond motifs is 1. The Kier molecular flexibility index (Phi) is 7.71. The Hall–Kier alpha value is -3.33. The quantitative estimate of drug-likeness (QED) is 0.614. The fraction of sp³-hybridized carbons (Fsp3) is 0.500. The summed E-state index contributed by atoms with van der Waals surface area (Å²) in [4.78, 5) is 47.2. The van der Waals surface area contributed by atoms with Gasteiger partial charge in [0.05, 0.1) is 0 Å². The minimum atomic E-state index is -1.37. The van der Waals surface area contributed by atoms with E-state index in [0.29, 0.717) is 45.4 Å². The summed E-state index contributed by atoms with van der Waals surface area (Å²) in [5.74, 6) is -3.02. The number of carbonyl (C=O) groups is 3. The standard InChI is InChI=1S/C30H36F2N4O3/c1-18(2)14-25-28(37)33-26(21-15-19-6-4-5-7-20(19)16-21)29(38)36(25)27(23-9-8-22(31)17-24(23)32)30(39)35-12-10-34(3)11-13-35/h4-9,17-18,21,25-27H,10-16H2,1-3H3,(H,33,37)/t25-,26-,27-/m1/s1. The Morgan fingerprint density at radius 2 is 1.64 bits per heavy atom. The van der Waals surface area contributed by atoms with Crippen LogP contribution in [0.3, 0.4) is 0 Å². The second-order valence-electron chi connectivity index (χ2n) is 11.5. The van der Waals surface area contributed by atoms with Crippen molar-refractivity contribution < 1.29 is 23.2 Å². The van der Waals surface area contributed by atoms with Crippen LogP contribution < -0.4 is 5.32 Å². The molecule has 208 valence electrons. The molecule has 0 spiro atoms. The maximum atomic E-state index is 15.4. The molecule has 3 atom stereocenters. The number of amides is 3. The van der Waals surface area contributed by atoms with Gasteiger partial charge in [-0.2, -0.15) is 0 Å². The molecule has 39 heavy (non-hydrogen) atoms. The molecule has 1 aliphatic carbocycles. The lowest BCUT2D eigenvalue weighted by atomic mass is 9.87. The molecule has 1 N–H and O–H groups in total. The molecular weight excluding hydrogens is 502 g/mol. The molecule has 9 heteroatoms. The molecule has 2 aromatic carbocycles. The van der Waals surface area contributed by atoms with Gasteiger partial charge in [0.25, 0.3) is 0 Å². The predicted octanol–water partition coefficient (Wildman–Crippen LogP) is 2.94. The van der Waals surface area contributed by atoms with Crippen molar-refractivity contribution in [2.45, 2.75) is 51.2 Å². The Morgan fingerprint density at radius 3 is 2.23 bits per heavy atom. The molecule has 3 amide bonds. The molecule has 0 unspecified atom stereocenters. The minimum absolute atomic E-state index is 0.0285. The lowest BCUT2D eigenvalue weighted by Crippen LogP contribution is -2.67. The van der Waals surface area contributed by atoms with Crippen LogP contribution in [0.1, 0.15) is 43.0 Å². The number of nitrogens with zero attached hydrogens (tertiary/aromatic N) is 3. The van der Waals surface area contributed by atoms with Crippen molar-refractivity contribution in [1.82, 2.24) is 20.0 Å². The van der Waals surface area contributed by atoms with Gasteiger partial charge in [0.15, 0.2) is 0 Å². The average molecular weight is 539 g/mol. The van der Waals surface area contributed by atoms with Crippen LogP contribution in [0.5, 0.6) is 0 Å². The van der Waals surface area contributed by atoms with Gasteiger partial charge in [-0.15, -0.1) is 0 Å². The summed E-state index contributed by atoms with van der Waals surface area (Å²) < 4.78 is 29.3. The Morgan fingerprint density at radius 1 is 1.00 bits per heavy atom. The van der Waals surface area contributed by atoms with Crippen molar-refractivity contribution in [2.75, 3.05) is 33.2 Å². The number of nitrogens with one attached hydrogen (secondary N) is 1. The van der Waals surface area contributed by atoms with E-state index in [0.717, 1.165) is 23.3 Å². The summed E-state index contributed by atoms with van der Waals surface area (Å²) in [5.41, 5.74) is 2.18. The van der Waals surface area contributed by atoms with Crippen LogP contribution in [0.2, 0.25) is 0 Å². The van der Waals surface area contributed by atoms with Crippen LogP contribution in [0.25, 0.3) is 0 Å². The highest BCUT2D eigenvalue weighted by molar-refractivity contribution is 6.00. The number of carbonyl (C=O) groups excluding carboxylic acids is 3. The zero-order valence-electron chi connectivity index (χ0n) is 22.7. The van der Waals surface area contributed by atoms with Gasteiger partial charge < -0.3 is 20.0 Å². The van der Waals surface area contributed by atoms with Crippen molar-refractivity contribution in [1.29, 1.82) is 0 Å². The average Bonchev–Trinajstić information content (AvgIpc) is 3.33. The molecule has 0 saturated carbocycles. The Balaban J connectivity index is 1.56. The highest BCUT2D eigenvalue weighted by Crippen LogP contribution is 2.36. The van der Waals surface area contributed by atoms with Gasteiger partial charge in [-0.1, -0.05) is 44.2 Å². The summed E-state index contributed by atoms with van der Waals surface area (Å²) in [5, 5.41) is 2.97. The molecule has 3 aliphatic rings. The summed E-state index contributed by atoms with van der Waals surface area (Å²) in [6.07, 6.45) is 1.56. The number of likely N-dealkylation sites (N-methyl/N-ethyl adjacent to an activating group) is 1. The zero-order chi connectivity index (χ0) is 27.8. The van der Waals surface area contributed by atoms with E-state index in [1.54, 1.807) is 4.90 Å². The first-order valence-electron chi connectivity index (χ1n) is 13.8. The molecule has 5 rings (SSSR count). The zero-order valence-corrected chi connectivity index (χ0v) is 22.7. The molecule has 2 heterocycles. The molecule has 0 aromatic heterocycles. The lowest BCUT2D eigenvalue weighted by Gasteiger charge is -2.46. The molecule has 0 radical (unpaired) electrons. The van der Waals surface area contributed by atoms with Crippen LogP contribution in [-0.4, -0.2) is 77.7 Å². The third-order valence-electron chi connectivity index (χ3n) is 8.29. The first kappa shape index (κ1) is 27.2. The largest absolute Gasteiger partial charge is 0.342 e. The van der Waals surface area contributed by atoms with Gasteiger partial charge in [0.2, 0.25) is 17.7 Å². The highest BCUT2D eigenvalue weighted by Gasteiger charge is 2.50. The van der Waals surface area contributed by atoms with Crippen molar-refractivity contribution in [3.8, 4) is 0 Å². The van der Waals surface area contributed by atoms with E-state index >= 15 is 4.39 Å². The van der Waals surface area contributed by atoms with E-state index in [4.69, 9.17) is 0 Å². The van der Waals surface area contributed by atoms with E-state index in [-0.39, 0.29) is 23.3 Å². The highest BCUT2D eigenvalue weighted by atomic mass is 19.1. The molecule has 7 nitrogen and oxygen atoms in total. The van der Waals surface area contributed by atoms with Gasteiger partial charge in [-0.3, -0.25) is 14.4 Å². The van der Waals surface area contributed by atoms with Crippen molar-refractivity contribution in [3.63, 3.8) is 0 Å². The number of rotatable bonds is 6. The third kappa shape index (κ3) is 5.41. The van der Waals surface area contributed by atoms with Gasteiger partial charge in [0, 0.05) is 37.8 Å². The third-order valence-corrected chi connectivity index (χ3v) is 8.29. The molecule has 2 fully saturated rings. The van der Waals surface area contributed by atoms with E-state index in [1.165, 1.54) is 11.0 Å². The molecule has 0 bridgehead atoms. The summed E-state index contributed by atoms with van der Waals surface area (Å²) in [7, 11) is 1.96. The van der Waals surface area contributed by atoms with Crippen molar-refractivity contribution in [2.24, 2.45) is 11.8 Å². The summed E-state index contributed by atoms with van der Waals surface area (Å²) in [6.45, 7) is 5.98. The fourth-order valence-corrected chi connectivity index (χ4v) is 6.20. The fourth-order valence-electron chi connectivity index (χ4n) is 6.20. The van der Waals surface area contributed by atoms with E-state index in [2.05, 4.69) is 10.2 Å². The summed E-state index contributed by atoms with van der Waals surface area (Å²) >= 11 is 0. The van der Waals surface area contributed by atoms with Crippen molar-refractivity contribution in [3.05, 3.63) is 70.8 Å². The van der Waals surface area contributed by atoms with Crippen LogP contribution in [0, 0.1) is 23.5 Å². The normalized spacial score (nSPS) is 23.2. The van der Waals surface area contributed by atoms with Gasteiger partial charge in [-0.05, 0) is 55.3 Å². The van der Waals surface area contributed by atoms with Gasteiger partial charge in [-0.25, -0.2) is 8.78 Å². The van der Waals surface area contributed by atoms with E-state index in [9.17, 15) is 18.8 Å². The second kappa shape index (κ2) is 11.0. The summed E-state index contributed by atoms with van der Waals surface area (Å²) in [6, 6.07) is 7.84. The topological polar surface area (TPSA) is 73.0 Å². The smallest absolute Gasteiger partial charge is 0.250 e. The Bertz CT molecular complexity index is 1240. The van der Waals surface area contributed by atoms with Gasteiger partial charge >= 0.3 is 0 Å². The van der Waals surface area contributed by atoms with E-state index < -0.39 is 41.6 Å². The number of hydrogen-bond acceptors (Lipinski definition) is 4. The van der Waals surface area contributed by atoms with E-state index in [1.807, 2.05) is 45.2 Å². The first-order valence-corrected chi connectivity index (χ1v) is 13.8. The Labute approximate surface area is 228 Å². The van der Waals surface area contributed by atoms with Crippen LogP contribution in [0.4, 0.5) is 8.78 Å². The number of hydrogen-bond donors (Lipinski definition) is 1. The first-order chi connectivity index (χ1) is 18.6. The van der Waals surface area contributed by atoms with Crippen molar-refractivity contribution >= 4 is 17.7 Å². The number of benzene rings is 2. The second-order valence-corrected chi connectivity index (χ2v) is 11.5.